The van der Waals surface area contributed by atoms with Crippen LogP contribution < -0.4 is 15.5 Å². The SMILES string of the molecule is O=c1[nH]c2c(O)ccc(C(O)CNCCc3ccc(CNCC(c4ccccc4)c4ccccc4)cc3)c2s1. The number of aliphatic hydroxyl groups excluding tert-OH is 1. The van der Waals surface area contributed by atoms with E-state index in [1.54, 1.807) is 6.07 Å². The number of aromatic amines is 1. The Morgan fingerprint density at radius 3 is 2.08 bits per heavy atom. The van der Waals surface area contributed by atoms with E-state index in [2.05, 4.69) is 101 Å². The Labute approximate surface area is 232 Å². The van der Waals surface area contributed by atoms with E-state index in [4.69, 9.17) is 0 Å². The van der Waals surface area contributed by atoms with Crippen molar-refractivity contribution in [3.8, 4) is 5.75 Å². The molecule has 1 aromatic heterocycles. The normalized spacial score (nSPS) is 12.3. The molecule has 0 amide bonds. The predicted molar refractivity (Wildman–Crippen MR) is 159 cm³/mol. The predicted octanol–water partition coefficient (Wildman–Crippen LogP) is 5.08. The lowest BCUT2D eigenvalue weighted by atomic mass is 9.91. The number of fused-ring (bicyclic) bond motifs is 1. The highest BCUT2D eigenvalue weighted by Gasteiger charge is 2.16. The van der Waals surface area contributed by atoms with E-state index in [1.807, 2.05) is 0 Å². The zero-order valence-corrected chi connectivity index (χ0v) is 22.5. The number of aromatic hydroxyl groups is 1. The Hall–Kier alpha value is -3.75. The topological polar surface area (TPSA) is 97.4 Å². The molecule has 39 heavy (non-hydrogen) atoms. The van der Waals surface area contributed by atoms with Gasteiger partial charge in [0, 0.05) is 31.1 Å². The van der Waals surface area contributed by atoms with Gasteiger partial charge in [-0.25, -0.2) is 0 Å². The van der Waals surface area contributed by atoms with Crippen LogP contribution >= 0.6 is 11.3 Å². The molecular weight excluding hydrogens is 506 g/mol. The van der Waals surface area contributed by atoms with Crippen molar-refractivity contribution in [2.24, 2.45) is 0 Å². The number of hydrogen-bond acceptors (Lipinski definition) is 6. The summed E-state index contributed by atoms with van der Waals surface area (Å²) in [6.07, 6.45) is 0.0658. The van der Waals surface area contributed by atoms with Crippen molar-refractivity contribution in [3.63, 3.8) is 0 Å². The highest BCUT2D eigenvalue weighted by molar-refractivity contribution is 7.16. The maximum atomic E-state index is 11.7. The van der Waals surface area contributed by atoms with Crippen LogP contribution in [0.25, 0.3) is 10.2 Å². The molecule has 0 bridgehead atoms. The average Bonchev–Trinajstić information content (AvgIpc) is 3.37. The molecule has 5 rings (SSSR count). The van der Waals surface area contributed by atoms with Crippen molar-refractivity contribution in [2.75, 3.05) is 19.6 Å². The fourth-order valence-corrected chi connectivity index (χ4v) is 5.78. The molecule has 0 saturated carbocycles. The molecule has 200 valence electrons. The summed E-state index contributed by atoms with van der Waals surface area (Å²) in [5.74, 6) is 0.309. The van der Waals surface area contributed by atoms with Gasteiger partial charge in [0.15, 0.2) is 0 Å². The lowest BCUT2D eigenvalue weighted by Gasteiger charge is -2.19. The highest BCUT2D eigenvalue weighted by Crippen LogP contribution is 2.31. The van der Waals surface area contributed by atoms with E-state index in [9.17, 15) is 15.0 Å². The third kappa shape index (κ3) is 6.82. The Morgan fingerprint density at radius 2 is 1.41 bits per heavy atom. The van der Waals surface area contributed by atoms with Crippen LogP contribution in [0, 0.1) is 0 Å². The lowest BCUT2D eigenvalue weighted by molar-refractivity contribution is 0.176. The van der Waals surface area contributed by atoms with Gasteiger partial charge in [-0.1, -0.05) is 102 Å². The van der Waals surface area contributed by atoms with Crippen LogP contribution in [0.5, 0.6) is 5.75 Å². The molecule has 0 radical (unpaired) electrons. The molecule has 1 unspecified atom stereocenters. The van der Waals surface area contributed by atoms with E-state index in [1.165, 1.54) is 28.3 Å². The summed E-state index contributed by atoms with van der Waals surface area (Å²) in [6.45, 7) is 2.73. The van der Waals surface area contributed by atoms with Crippen molar-refractivity contribution >= 4 is 21.6 Å². The van der Waals surface area contributed by atoms with Crippen molar-refractivity contribution in [2.45, 2.75) is 25.0 Å². The first-order valence-electron chi connectivity index (χ1n) is 13.2. The molecule has 7 heteroatoms. The second-order valence-corrected chi connectivity index (χ2v) is 10.7. The first-order valence-corrected chi connectivity index (χ1v) is 14.0. The summed E-state index contributed by atoms with van der Waals surface area (Å²) in [5, 5.41) is 27.6. The average molecular weight is 540 g/mol. The van der Waals surface area contributed by atoms with Gasteiger partial charge in [0.05, 0.1) is 10.8 Å². The summed E-state index contributed by atoms with van der Waals surface area (Å²) in [6, 6.07) is 33.1. The molecule has 4 aromatic carbocycles. The molecule has 0 aliphatic rings. The van der Waals surface area contributed by atoms with Gasteiger partial charge in [0.1, 0.15) is 11.3 Å². The van der Waals surface area contributed by atoms with Crippen LogP contribution in [0.15, 0.2) is 102 Å². The van der Waals surface area contributed by atoms with Crippen LogP contribution in [0.2, 0.25) is 0 Å². The summed E-state index contributed by atoms with van der Waals surface area (Å²) < 4.78 is 0.595. The maximum Gasteiger partial charge on any atom is 0.305 e. The number of phenols is 1. The van der Waals surface area contributed by atoms with Crippen LogP contribution in [-0.2, 0) is 13.0 Å². The van der Waals surface area contributed by atoms with E-state index in [-0.39, 0.29) is 10.6 Å². The zero-order valence-electron chi connectivity index (χ0n) is 21.6. The van der Waals surface area contributed by atoms with Gasteiger partial charge in [-0.3, -0.25) is 4.79 Å². The molecule has 0 aliphatic heterocycles. The van der Waals surface area contributed by atoms with Gasteiger partial charge in [0.25, 0.3) is 0 Å². The second-order valence-electron chi connectivity index (χ2n) is 9.68. The molecule has 0 spiro atoms. The lowest BCUT2D eigenvalue weighted by Crippen LogP contribution is -2.24. The van der Waals surface area contributed by atoms with Gasteiger partial charge < -0.3 is 25.8 Å². The number of hydrogen-bond donors (Lipinski definition) is 5. The monoisotopic (exact) mass is 539 g/mol. The van der Waals surface area contributed by atoms with Crippen LogP contribution in [-0.4, -0.2) is 34.8 Å². The van der Waals surface area contributed by atoms with Crippen LogP contribution in [0.4, 0.5) is 0 Å². The number of rotatable bonds is 12. The third-order valence-electron chi connectivity index (χ3n) is 6.98. The Morgan fingerprint density at radius 1 is 0.769 bits per heavy atom. The first-order chi connectivity index (χ1) is 19.1. The smallest absolute Gasteiger partial charge is 0.305 e. The van der Waals surface area contributed by atoms with Crippen molar-refractivity contribution in [1.29, 1.82) is 0 Å². The molecular formula is C32H33N3O3S. The number of aliphatic hydroxyl groups is 1. The molecule has 0 aliphatic carbocycles. The molecule has 0 saturated heterocycles. The Balaban J connectivity index is 1.09. The summed E-state index contributed by atoms with van der Waals surface area (Å²) in [5.41, 5.74) is 6.10. The number of nitrogens with one attached hydrogen (secondary N) is 3. The quantitative estimate of drug-likeness (QED) is 0.143. The second kappa shape index (κ2) is 12.9. The molecule has 6 nitrogen and oxygen atoms in total. The van der Waals surface area contributed by atoms with Crippen LogP contribution in [0.3, 0.4) is 0 Å². The zero-order chi connectivity index (χ0) is 27.0. The van der Waals surface area contributed by atoms with Gasteiger partial charge in [-0.2, -0.15) is 0 Å². The molecule has 0 fully saturated rings. The minimum absolute atomic E-state index is 0.0121. The standard InChI is InChI=1S/C32H33N3O3S/c36-28-16-15-26(31-30(28)35-32(38)39-31)29(37)21-33-18-17-22-11-13-23(14-12-22)19-34-20-27(24-7-3-1-4-8-24)25-9-5-2-6-10-25/h1-16,27,29,33-34,36-37H,17-21H2,(H,35,38). The number of aromatic nitrogens is 1. The summed E-state index contributed by atoms with van der Waals surface area (Å²) in [7, 11) is 0. The van der Waals surface area contributed by atoms with Gasteiger partial charge >= 0.3 is 4.87 Å². The number of benzene rings is 4. The molecule has 1 atom stereocenters. The summed E-state index contributed by atoms with van der Waals surface area (Å²) in [4.78, 5) is 14.1. The maximum absolute atomic E-state index is 11.7. The van der Waals surface area contributed by atoms with E-state index < -0.39 is 6.10 Å². The third-order valence-corrected chi connectivity index (χ3v) is 7.91. The number of phenolic OH excluding ortho intramolecular Hbond substituents is 1. The Bertz CT molecular complexity index is 1490. The van der Waals surface area contributed by atoms with Crippen molar-refractivity contribution in [3.05, 3.63) is 135 Å². The largest absolute Gasteiger partial charge is 0.506 e. The minimum Gasteiger partial charge on any atom is -0.506 e. The minimum atomic E-state index is -0.774. The number of H-pyrrole nitrogens is 1. The summed E-state index contributed by atoms with van der Waals surface area (Å²) >= 11 is 0.999. The highest BCUT2D eigenvalue weighted by atomic mass is 32.1. The van der Waals surface area contributed by atoms with Gasteiger partial charge in [0.2, 0.25) is 0 Å². The van der Waals surface area contributed by atoms with Crippen LogP contribution in [0.1, 0.15) is 39.8 Å². The molecule has 5 aromatic rings. The van der Waals surface area contributed by atoms with Crippen molar-refractivity contribution < 1.29 is 10.2 Å². The fourth-order valence-electron chi connectivity index (χ4n) is 4.87. The van der Waals surface area contributed by atoms with E-state index >= 15 is 0 Å². The Kier molecular flexibility index (Phi) is 8.85. The van der Waals surface area contributed by atoms with Crippen molar-refractivity contribution in [1.82, 2.24) is 15.6 Å². The molecule has 1 heterocycles. The number of thiazole rings is 1. The van der Waals surface area contributed by atoms with Gasteiger partial charge in [-0.05, 0) is 41.3 Å². The van der Waals surface area contributed by atoms with Gasteiger partial charge in [-0.15, -0.1) is 0 Å². The van der Waals surface area contributed by atoms with E-state index in [0.29, 0.717) is 28.2 Å². The first kappa shape index (κ1) is 26.8. The fraction of sp³-hybridized carbons (Fsp3) is 0.219. The van der Waals surface area contributed by atoms with E-state index in [0.717, 1.165) is 37.4 Å². The molecule has 5 N–H and O–H groups in total.